The third kappa shape index (κ3) is 7.61. The molecule has 2 aromatic rings. The molecule has 2 saturated carbocycles. The Morgan fingerprint density at radius 3 is 2.39 bits per heavy atom. The summed E-state index contributed by atoms with van der Waals surface area (Å²) in [5.41, 5.74) is 0.227. The van der Waals surface area contributed by atoms with Crippen LogP contribution in [0, 0.1) is 23.7 Å². The average molecular weight is 661 g/mol. The van der Waals surface area contributed by atoms with Crippen LogP contribution in [0.15, 0.2) is 18.2 Å². The van der Waals surface area contributed by atoms with Gasteiger partial charge in [0.25, 0.3) is 0 Å². The molecule has 3 atom stereocenters. The molecular formula is C34H46ClFN4O6. The number of carbonyl (C=O) groups is 4. The quantitative estimate of drug-likeness (QED) is 0.242. The topological polar surface area (TPSA) is 141 Å². The number of alkyl carbamates (subject to hydrolysis) is 1. The Labute approximate surface area is 274 Å². The number of rotatable bonds is 8. The summed E-state index contributed by atoms with van der Waals surface area (Å²) in [4.78, 5) is 56.5. The predicted molar refractivity (Wildman–Crippen MR) is 174 cm³/mol. The summed E-state index contributed by atoms with van der Waals surface area (Å²) < 4.78 is 19.3. The van der Waals surface area contributed by atoms with Gasteiger partial charge < -0.3 is 30.4 Å². The molecule has 46 heavy (non-hydrogen) atoms. The maximum Gasteiger partial charge on any atom is 0.407 e. The maximum absolute atomic E-state index is 14.1. The molecule has 1 unspecified atom stereocenters. The van der Waals surface area contributed by atoms with Crippen LogP contribution in [0.25, 0.3) is 10.9 Å². The van der Waals surface area contributed by atoms with Crippen LogP contribution in [0.1, 0.15) is 95.5 Å². The Bertz CT molecular complexity index is 1440. The summed E-state index contributed by atoms with van der Waals surface area (Å²) in [5.74, 6) is -1.43. The van der Waals surface area contributed by atoms with E-state index in [0.29, 0.717) is 54.7 Å². The van der Waals surface area contributed by atoms with Crippen molar-refractivity contribution in [1.82, 2.24) is 15.2 Å². The minimum atomic E-state index is -1.17. The number of aromatic amines is 1. The summed E-state index contributed by atoms with van der Waals surface area (Å²) in [6.07, 6.45) is 7.92. The Morgan fingerprint density at radius 2 is 1.76 bits per heavy atom. The van der Waals surface area contributed by atoms with E-state index >= 15 is 0 Å². The molecule has 0 spiro atoms. The van der Waals surface area contributed by atoms with E-state index in [1.165, 1.54) is 6.42 Å². The number of fused-ring (bicyclic) bond motifs is 1. The number of alkyl halides is 1. The fraction of sp³-hybridized carbons (Fsp3) is 0.647. The number of likely N-dealkylation sites (tertiary alicyclic amines) is 1. The fourth-order valence-electron chi connectivity index (χ4n) is 7.80. The van der Waals surface area contributed by atoms with E-state index < -0.39 is 36.4 Å². The molecule has 0 bridgehead atoms. The fourth-order valence-corrected chi connectivity index (χ4v) is 8.08. The van der Waals surface area contributed by atoms with Crippen molar-refractivity contribution in [1.29, 1.82) is 0 Å². The largest absolute Gasteiger partial charge is 0.477 e. The molecule has 252 valence electrons. The van der Waals surface area contributed by atoms with E-state index in [4.69, 9.17) is 16.3 Å². The number of carboxylic acid groups (broad SMARTS) is 1. The normalized spacial score (nSPS) is 24.8. The molecule has 1 saturated heterocycles. The van der Waals surface area contributed by atoms with E-state index in [1.807, 2.05) is 0 Å². The second-order valence-electron chi connectivity index (χ2n) is 14.2. The lowest BCUT2D eigenvalue weighted by atomic mass is 9.76. The van der Waals surface area contributed by atoms with Gasteiger partial charge in [0.15, 0.2) is 0 Å². The van der Waals surface area contributed by atoms with Gasteiger partial charge in [-0.25, -0.2) is 14.0 Å². The van der Waals surface area contributed by atoms with Gasteiger partial charge in [-0.1, -0.05) is 43.7 Å². The number of H-pyrrole nitrogens is 1. The zero-order chi connectivity index (χ0) is 33.2. The number of nitrogens with zero attached hydrogens (tertiary/aromatic N) is 1. The van der Waals surface area contributed by atoms with Gasteiger partial charge in [0.2, 0.25) is 11.8 Å². The molecule has 4 N–H and O–H groups in total. The summed E-state index contributed by atoms with van der Waals surface area (Å²) in [5, 5.41) is 15.7. The summed E-state index contributed by atoms with van der Waals surface area (Å²) in [6, 6.07) is 3.74. The van der Waals surface area contributed by atoms with Crippen molar-refractivity contribution in [3.8, 4) is 0 Å². The molecule has 2 heterocycles. The monoisotopic (exact) mass is 660 g/mol. The Balaban J connectivity index is 1.29. The van der Waals surface area contributed by atoms with Crippen molar-refractivity contribution in [2.45, 2.75) is 103 Å². The van der Waals surface area contributed by atoms with Crippen LogP contribution in [-0.2, 0) is 14.3 Å². The zero-order valence-corrected chi connectivity index (χ0v) is 27.6. The number of nitrogens with one attached hydrogen (secondary N) is 3. The smallest absolute Gasteiger partial charge is 0.407 e. The molecule has 5 rings (SSSR count). The maximum atomic E-state index is 14.1. The highest BCUT2D eigenvalue weighted by atomic mass is 35.5. The van der Waals surface area contributed by atoms with Crippen LogP contribution in [0.5, 0.6) is 0 Å². The number of amides is 3. The molecule has 3 fully saturated rings. The second kappa shape index (κ2) is 14.2. The average Bonchev–Trinajstić information content (AvgIpc) is 3.61. The number of ether oxygens (including phenoxy) is 1. The number of carboxylic acids is 1. The third-order valence-electron chi connectivity index (χ3n) is 10.0. The first-order valence-corrected chi connectivity index (χ1v) is 17.0. The van der Waals surface area contributed by atoms with Gasteiger partial charge in [0, 0.05) is 29.1 Å². The second-order valence-corrected chi connectivity index (χ2v) is 14.6. The number of halogens is 2. The van der Waals surface area contributed by atoms with E-state index in [9.17, 15) is 28.7 Å². The first kappa shape index (κ1) is 34.0. The summed E-state index contributed by atoms with van der Waals surface area (Å²) in [7, 11) is 0. The zero-order valence-electron chi connectivity index (χ0n) is 26.9. The SMILES string of the molecule is CC(C)(C)OC(=O)NC(CF)[C@H]1CC[C@H](C(=O)N2CC[C@@H](C3CCCCC3)[C@H]2C(=O)Nc2ccc3[nH]c(C(=O)O)c(Cl)c3c2)CC1. The van der Waals surface area contributed by atoms with Gasteiger partial charge in [0.1, 0.15) is 24.0 Å². The van der Waals surface area contributed by atoms with Crippen LogP contribution >= 0.6 is 11.6 Å². The molecule has 10 nitrogen and oxygen atoms in total. The summed E-state index contributed by atoms with van der Waals surface area (Å²) in [6.45, 7) is 5.07. The highest BCUT2D eigenvalue weighted by Gasteiger charge is 2.47. The van der Waals surface area contributed by atoms with E-state index in [1.54, 1.807) is 43.9 Å². The lowest BCUT2D eigenvalue weighted by molar-refractivity contribution is -0.142. The molecule has 1 aromatic carbocycles. The third-order valence-corrected chi connectivity index (χ3v) is 10.4. The number of benzene rings is 1. The number of anilines is 1. The summed E-state index contributed by atoms with van der Waals surface area (Å²) >= 11 is 6.33. The Kier molecular flexibility index (Phi) is 10.5. The lowest BCUT2D eigenvalue weighted by Crippen LogP contribution is -2.50. The van der Waals surface area contributed by atoms with E-state index in [2.05, 4.69) is 15.6 Å². The van der Waals surface area contributed by atoms with Gasteiger partial charge in [-0.3, -0.25) is 9.59 Å². The minimum Gasteiger partial charge on any atom is -0.477 e. The van der Waals surface area contributed by atoms with Crippen molar-refractivity contribution in [2.24, 2.45) is 23.7 Å². The van der Waals surface area contributed by atoms with E-state index in [0.717, 1.165) is 32.1 Å². The molecule has 1 aliphatic heterocycles. The first-order valence-electron chi connectivity index (χ1n) is 16.6. The van der Waals surface area contributed by atoms with Gasteiger partial charge in [-0.2, -0.15) is 0 Å². The van der Waals surface area contributed by atoms with Crippen molar-refractivity contribution < 1.29 is 33.4 Å². The van der Waals surface area contributed by atoms with Crippen LogP contribution in [0.4, 0.5) is 14.9 Å². The molecule has 0 radical (unpaired) electrons. The minimum absolute atomic E-state index is 0.0379. The molecule has 12 heteroatoms. The number of carbonyl (C=O) groups excluding carboxylic acids is 3. The number of aromatic nitrogens is 1. The highest BCUT2D eigenvalue weighted by Crippen LogP contribution is 2.41. The van der Waals surface area contributed by atoms with E-state index in [-0.39, 0.29) is 40.3 Å². The molecule has 2 aliphatic carbocycles. The van der Waals surface area contributed by atoms with Crippen molar-refractivity contribution >= 4 is 52.1 Å². The molecule has 3 aliphatic rings. The van der Waals surface area contributed by atoms with Crippen molar-refractivity contribution in [3.05, 3.63) is 28.9 Å². The lowest BCUT2D eigenvalue weighted by Gasteiger charge is -2.37. The van der Waals surface area contributed by atoms with Crippen molar-refractivity contribution in [2.75, 3.05) is 18.5 Å². The van der Waals surface area contributed by atoms with Gasteiger partial charge in [-0.15, -0.1) is 0 Å². The van der Waals surface area contributed by atoms with Crippen LogP contribution in [-0.4, -0.2) is 69.8 Å². The van der Waals surface area contributed by atoms with Crippen LogP contribution in [0.3, 0.4) is 0 Å². The molecular weight excluding hydrogens is 615 g/mol. The Morgan fingerprint density at radius 1 is 1.07 bits per heavy atom. The predicted octanol–water partition coefficient (Wildman–Crippen LogP) is 6.92. The van der Waals surface area contributed by atoms with Gasteiger partial charge in [-0.05, 0) is 88.8 Å². The van der Waals surface area contributed by atoms with Crippen molar-refractivity contribution in [3.63, 3.8) is 0 Å². The Hall–Kier alpha value is -3.34. The van der Waals surface area contributed by atoms with Gasteiger partial charge >= 0.3 is 12.1 Å². The van der Waals surface area contributed by atoms with Gasteiger partial charge in [0.05, 0.1) is 11.1 Å². The number of hydrogen-bond acceptors (Lipinski definition) is 5. The number of hydrogen-bond donors (Lipinski definition) is 4. The number of aromatic carboxylic acids is 1. The first-order chi connectivity index (χ1) is 21.9. The highest BCUT2D eigenvalue weighted by molar-refractivity contribution is 6.38. The van der Waals surface area contributed by atoms with Crippen LogP contribution < -0.4 is 10.6 Å². The van der Waals surface area contributed by atoms with Crippen LogP contribution in [0.2, 0.25) is 5.02 Å². The molecule has 3 amide bonds. The molecule has 1 aromatic heterocycles. The standard InChI is InChI=1S/C34H46ClFN4O6/c1-34(2,3)46-33(45)39-26(18-36)20-9-11-21(12-10-20)31(42)40-16-15-23(19-7-5-4-6-8-19)29(40)30(41)37-22-13-14-25-24(17-22)27(35)28(38-25)32(43)44/h13-14,17,19-21,23,26,29,38H,4-12,15-16,18H2,1-3H3,(H,37,41)(H,39,45)(H,43,44)/t20-,21-,23-,26?,29-/m0/s1.